The summed E-state index contributed by atoms with van der Waals surface area (Å²) >= 11 is 7.78. The number of hydrogen-bond acceptors (Lipinski definition) is 5. The number of amides is 1. The van der Waals surface area contributed by atoms with Crippen LogP contribution in [-0.4, -0.2) is 24.0 Å². The van der Waals surface area contributed by atoms with Crippen LogP contribution in [0.5, 0.6) is 0 Å². The van der Waals surface area contributed by atoms with Crippen LogP contribution >= 0.6 is 22.9 Å². The smallest absolute Gasteiger partial charge is 0.331 e. The number of benzene rings is 1. The van der Waals surface area contributed by atoms with Gasteiger partial charge < -0.3 is 10.1 Å². The molecule has 1 aliphatic rings. The number of thiophene rings is 1. The van der Waals surface area contributed by atoms with Gasteiger partial charge in [-0.05, 0) is 37.8 Å². The van der Waals surface area contributed by atoms with Crippen molar-refractivity contribution in [2.75, 3.05) is 6.61 Å². The molecule has 0 aliphatic heterocycles. The maximum absolute atomic E-state index is 11.9. The van der Waals surface area contributed by atoms with Crippen LogP contribution in [0, 0.1) is 11.3 Å². The third kappa shape index (κ3) is 4.06. The van der Waals surface area contributed by atoms with E-state index in [1.54, 1.807) is 6.08 Å². The zero-order valence-electron chi connectivity index (χ0n) is 14.0. The van der Waals surface area contributed by atoms with Crippen molar-refractivity contribution in [1.29, 1.82) is 5.26 Å². The van der Waals surface area contributed by atoms with Gasteiger partial charge in [-0.25, -0.2) is 4.79 Å². The number of nitrogens with one attached hydrogen (secondary N) is 1. The lowest BCUT2D eigenvalue weighted by Gasteiger charge is -2.21. The molecule has 1 heterocycles. The Hall–Kier alpha value is -2.36. The van der Waals surface area contributed by atoms with E-state index >= 15 is 0 Å². The second-order valence-corrected chi connectivity index (χ2v) is 7.63. The molecule has 2 aromatic rings. The Bertz CT molecular complexity index is 907. The van der Waals surface area contributed by atoms with E-state index in [0.29, 0.717) is 17.9 Å². The first kappa shape index (κ1) is 18.4. The molecule has 3 rings (SSSR count). The third-order valence-electron chi connectivity index (χ3n) is 4.33. The van der Waals surface area contributed by atoms with E-state index in [2.05, 4.69) is 11.4 Å². The monoisotopic (exact) mass is 388 g/mol. The molecule has 1 N–H and O–H groups in total. The first-order valence-corrected chi connectivity index (χ1v) is 9.47. The molecule has 0 unspecified atom stereocenters. The topological polar surface area (TPSA) is 79.2 Å². The van der Waals surface area contributed by atoms with E-state index < -0.39 is 24.0 Å². The fourth-order valence-electron chi connectivity index (χ4n) is 3.01. The van der Waals surface area contributed by atoms with Crippen LogP contribution in [-0.2, 0) is 14.3 Å². The van der Waals surface area contributed by atoms with Crippen molar-refractivity contribution in [3.8, 4) is 6.07 Å². The third-order valence-corrected chi connectivity index (χ3v) is 5.98. The summed E-state index contributed by atoms with van der Waals surface area (Å²) in [6.45, 7) is -0.410. The number of fused-ring (bicyclic) bond motifs is 1. The van der Waals surface area contributed by atoms with E-state index in [-0.39, 0.29) is 0 Å². The van der Waals surface area contributed by atoms with Crippen molar-refractivity contribution in [3.05, 3.63) is 40.2 Å². The molecule has 5 nitrogen and oxygen atoms in total. The normalized spacial score (nSPS) is 15.8. The summed E-state index contributed by atoms with van der Waals surface area (Å²) in [5.41, 5.74) is -0.816. The van der Waals surface area contributed by atoms with Crippen LogP contribution in [0.1, 0.15) is 30.6 Å². The first-order chi connectivity index (χ1) is 12.5. The summed E-state index contributed by atoms with van der Waals surface area (Å²) in [7, 11) is 0. The van der Waals surface area contributed by atoms with Crippen molar-refractivity contribution >= 4 is 51.0 Å². The first-order valence-electron chi connectivity index (χ1n) is 8.27. The number of esters is 1. The van der Waals surface area contributed by atoms with E-state index in [1.807, 2.05) is 24.3 Å². The van der Waals surface area contributed by atoms with Crippen LogP contribution in [0.15, 0.2) is 30.3 Å². The second-order valence-electron chi connectivity index (χ2n) is 6.17. The molecule has 0 bridgehead atoms. The highest BCUT2D eigenvalue weighted by molar-refractivity contribution is 7.20. The average Bonchev–Trinajstić information content (AvgIpc) is 3.24. The summed E-state index contributed by atoms with van der Waals surface area (Å²) in [6.07, 6.45) is 5.92. The highest BCUT2D eigenvalue weighted by Gasteiger charge is 2.35. The average molecular weight is 389 g/mol. The maximum atomic E-state index is 11.9. The maximum Gasteiger partial charge on any atom is 0.331 e. The highest BCUT2D eigenvalue weighted by atomic mass is 35.5. The van der Waals surface area contributed by atoms with Crippen molar-refractivity contribution in [2.45, 2.75) is 31.2 Å². The molecule has 26 heavy (non-hydrogen) atoms. The number of ether oxygens (including phenoxy) is 1. The SMILES string of the molecule is N#CC1(NC(=O)COC(=O)C=Cc2sc3ccccc3c2Cl)CCCC1. The molecule has 0 saturated heterocycles. The molecule has 134 valence electrons. The molecule has 7 heteroatoms. The molecule has 1 aliphatic carbocycles. The molecule has 1 saturated carbocycles. The van der Waals surface area contributed by atoms with Gasteiger partial charge in [-0.3, -0.25) is 4.79 Å². The molecule has 0 spiro atoms. The Morgan fingerprint density at radius 1 is 1.35 bits per heavy atom. The van der Waals surface area contributed by atoms with Gasteiger partial charge >= 0.3 is 5.97 Å². The summed E-state index contributed by atoms with van der Waals surface area (Å²) in [6, 6.07) is 9.87. The largest absolute Gasteiger partial charge is 0.452 e. The Morgan fingerprint density at radius 2 is 2.08 bits per heavy atom. The van der Waals surface area contributed by atoms with Crippen LogP contribution in [0.2, 0.25) is 5.02 Å². The van der Waals surface area contributed by atoms with Gasteiger partial charge in [-0.15, -0.1) is 11.3 Å². The van der Waals surface area contributed by atoms with Gasteiger partial charge in [0.25, 0.3) is 5.91 Å². The van der Waals surface area contributed by atoms with E-state index in [1.165, 1.54) is 17.4 Å². The van der Waals surface area contributed by atoms with E-state index in [4.69, 9.17) is 16.3 Å². The van der Waals surface area contributed by atoms with Crippen molar-refractivity contribution in [3.63, 3.8) is 0 Å². The molecule has 1 fully saturated rings. The fraction of sp³-hybridized carbons (Fsp3) is 0.316. The van der Waals surface area contributed by atoms with Gasteiger partial charge in [0.15, 0.2) is 6.61 Å². The zero-order chi connectivity index (χ0) is 18.6. The lowest BCUT2D eigenvalue weighted by molar-refractivity contribution is -0.144. The van der Waals surface area contributed by atoms with E-state index in [9.17, 15) is 14.9 Å². The number of nitriles is 1. The predicted molar refractivity (Wildman–Crippen MR) is 102 cm³/mol. The predicted octanol–water partition coefficient (Wildman–Crippen LogP) is 4.06. The summed E-state index contributed by atoms with van der Waals surface area (Å²) in [5.74, 6) is -1.10. The minimum atomic E-state index is -0.816. The van der Waals surface area contributed by atoms with Gasteiger partial charge in [0.2, 0.25) is 0 Å². The van der Waals surface area contributed by atoms with Crippen LogP contribution in [0.3, 0.4) is 0 Å². The summed E-state index contributed by atoms with van der Waals surface area (Å²) < 4.78 is 5.98. The number of carbonyl (C=O) groups excluding carboxylic acids is 2. The summed E-state index contributed by atoms with van der Waals surface area (Å²) in [5, 5.41) is 13.4. The van der Waals surface area contributed by atoms with Gasteiger partial charge in [0.05, 0.1) is 11.1 Å². The minimum absolute atomic E-state index is 0.410. The molecule has 0 atom stereocenters. The van der Waals surface area contributed by atoms with Crippen LogP contribution < -0.4 is 5.32 Å². The lowest BCUT2D eigenvalue weighted by atomic mass is 10.00. The Kier molecular flexibility index (Phi) is 5.60. The number of rotatable bonds is 5. The van der Waals surface area contributed by atoms with Crippen molar-refractivity contribution in [1.82, 2.24) is 5.32 Å². The molecular formula is C19H17ClN2O3S. The van der Waals surface area contributed by atoms with Gasteiger partial charge in [-0.2, -0.15) is 5.26 Å². The van der Waals surface area contributed by atoms with Gasteiger partial charge in [0, 0.05) is 21.0 Å². The van der Waals surface area contributed by atoms with Crippen molar-refractivity contribution < 1.29 is 14.3 Å². The van der Waals surface area contributed by atoms with Gasteiger partial charge in [-0.1, -0.05) is 29.8 Å². The molecule has 1 amide bonds. The van der Waals surface area contributed by atoms with Gasteiger partial charge in [0.1, 0.15) is 5.54 Å². The number of carbonyl (C=O) groups is 2. The Morgan fingerprint density at radius 3 is 2.77 bits per heavy atom. The lowest BCUT2D eigenvalue weighted by Crippen LogP contribution is -2.46. The van der Waals surface area contributed by atoms with Crippen LogP contribution in [0.4, 0.5) is 0 Å². The Balaban J connectivity index is 1.55. The second kappa shape index (κ2) is 7.90. The van der Waals surface area contributed by atoms with Crippen LogP contribution in [0.25, 0.3) is 16.2 Å². The number of nitrogens with zero attached hydrogens (tertiary/aromatic N) is 1. The molecular weight excluding hydrogens is 372 g/mol. The number of hydrogen-bond donors (Lipinski definition) is 1. The fourth-order valence-corrected chi connectivity index (χ4v) is 4.41. The van der Waals surface area contributed by atoms with E-state index in [0.717, 1.165) is 27.8 Å². The Labute approximate surface area is 160 Å². The number of halogens is 1. The molecule has 1 aromatic heterocycles. The summed E-state index contributed by atoms with van der Waals surface area (Å²) in [4.78, 5) is 24.5. The molecule has 0 radical (unpaired) electrons. The minimum Gasteiger partial charge on any atom is -0.452 e. The standard InChI is InChI=1S/C19H17ClN2O3S/c20-18-13-5-1-2-6-14(13)26-15(18)7-8-17(24)25-11-16(23)22-19(12-21)9-3-4-10-19/h1-2,5-8H,3-4,9-11H2,(H,22,23). The highest BCUT2D eigenvalue weighted by Crippen LogP contribution is 2.35. The quantitative estimate of drug-likeness (QED) is 0.618. The zero-order valence-corrected chi connectivity index (χ0v) is 15.5. The molecule has 1 aromatic carbocycles. The van der Waals surface area contributed by atoms with Crippen molar-refractivity contribution in [2.24, 2.45) is 0 Å².